The molecule has 3 nitrogen and oxygen atoms in total. The second-order valence-corrected chi connectivity index (χ2v) is 3.90. The number of aromatic amines is 1. The Labute approximate surface area is 97.7 Å². The molecule has 2 aromatic rings. The van der Waals surface area contributed by atoms with Crippen molar-refractivity contribution in [2.75, 3.05) is 6.61 Å². The average molecular weight is 236 g/mol. The number of fused-ring (bicyclic) bond motifs is 1. The Bertz CT molecular complexity index is 512. The van der Waals surface area contributed by atoms with Crippen molar-refractivity contribution < 1.29 is 9.53 Å². The molecule has 1 N–H and O–H groups in total. The van der Waals surface area contributed by atoms with Crippen molar-refractivity contribution in [3.8, 4) is 0 Å². The highest BCUT2D eigenvalue weighted by Gasteiger charge is 2.10. The van der Waals surface area contributed by atoms with E-state index in [4.69, 9.17) is 16.3 Å². The highest BCUT2D eigenvalue weighted by Crippen LogP contribution is 2.15. The maximum absolute atomic E-state index is 11.6. The number of rotatable bonds is 3. The number of halogens is 1. The van der Waals surface area contributed by atoms with Crippen molar-refractivity contribution in [3.63, 3.8) is 0 Å². The normalized spacial score (nSPS) is 10.3. The summed E-state index contributed by atoms with van der Waals surface area (Å²) in [6, 6.07) is 9.37. The van der Waals surface area contributed by atoms with Gasteiger partial charge in [-0.15, -0.1) is 0 Å². The van der Waals surface area contributed by atoms with E-state index in [1.165, 1.54) is 0 Å². The number of hydrogen-bond acceptors (Lipinski definition) is 2. The van der Waals surface area contributed by atoms with Gasteiger partial charge < -0.3 is 9.72 Å². The molecule has 0 spiro atoms. The highest BCUT2D eigenvalue weighted by atomic mass is 35.5. The Morgan fingerprint density at radius 1 is 1.44 bits per heavy atom. The molecule has 4 heteroatoms. The van der Waals surface area contributed by atoms with E-state index >= 15 is 0 Å². The number of benzene rings is 1. The number of hydrogen-bond donors (Lipinski definition) is 1. The molecule has 1 heterocycles. The molecule has 0 unspecified atom stereocenters. The van der Waals surface area contributed by atoms with Gasteiger partial charge in [-0.1, -0.05) is 36.4 Å². The van der Waals surface area contributed by atoms with Gasteiger partial charge in [0.05, 0.1) is 0 Å². The van der Waals surface area contributed by atoms with E-state index in [-0.39, 0.29) is 6.61 Å². The van der Waals surface area contributed by atoms with Crippen LogP contribution in [0.4, 0.5) is 0 Å². The zero-order chi connectivity index (χ0) is 11.5. The van der Waals surface area contributed by atoms with E-state index in [1.807, 2.05) is 24.3 Å². The molecule has 82 valence electrons. The number of esters is 1. The lowest BCUT2D eigenvalue weighted by Crippen LogP contribution is -2.06. The van der Waals surface area contributed by atoms with E-state index in [9.17, 15) is 4.79 Å². The number of para-hydroxylation sites is 1. The SMILES string of the molecule is C=C(Cl)COC(=O)c1cc2ccccc2[nH]1. The smallest absolute Gasteiger partial charge is 0.355 e. The molecule has 0 saturated heterocycles. The van der Waals surface area contributed by atoms with Crippen molar-refractivity contribution in [3.05, 3.63) is 47.6 Å². The standard InChI is InChI=1S/C12H10ClNO2/c1-8(13)7-16-12(15)11-6-9-4-2-3-5-10(9)14-11/h2-6,14H,1,7H2. The first kappa shape index (κ1) is 10.8. The van der Waals surface area contributed by atoms with Crippen molar-refractivity contribution in [1.29, 1.82) is 0 Å². The molecule has 0 aliphatic rings. The summed E-state index contributed by atoms with van der Waals surface area (Å²) < 4.78 is 4.92. The van der Waals surface area contributed by atoms with Crippen LogP contribution in [0.5, 0.6) is 0 Å². The molecule has 0 aliphatic carbocycles. The van der Waals surface area contributed by atoms with Crippen LogP contribution >= 0.6 is 11.6 Å². The zero-order valence-corrected chi connectivity index (χ0v) is 9.25. The fourth-order valence-corrected chi connectivity index (χ4v) is 1.46. The van der Waals surface area contributed by atoms with Gasteiger partial charge in [0, 0.05) is 15.9 Å². The molecule has 2 rings (SSSR count). The monoisotopic (exact) mass is 235 g/mol. The summed E-state index contributed by atoms with van der Waals surface area (Å²) in [6.07, 6.45) is 0. The summed E-state index contributed by atoms with van der Waals surface area (Å²) >= 11 is 5.51. The van der Waals surface area contributed by atoms with Gasteiger partial charge in [-0.2, -0.15) is 0 Å². The van der Waals surface area contributed by atoms with Gasteiger partial charge in [-0.25, -0.2) is 4.79 Å². The fourth-order valence-electron chi connectivity index (χ4n) is 1.40. The summed E-state index contributed by atoms with van der Waals surface area (Å²) in [6.45, 7) is 3.47. The van der Waals surface area contributed by atoms with Crippen molar-refractivity contribution in [2.45, 2.75) is 0 Å². The van der Waals surface area contributed by atoms with E-state index < -0.39 is 5.97 Å². The molecule has 0 bridgehead atoms. The first-order valence-electron chi connectivity index (χ1n) is 4.75. The van der Waals surface area contributed by atoms with E-state index in [0.29, 0.717) is 10.7 Å². The largest absolute Gasteiger partial charge is 0.455 e. The predicted octanol–water partition coefficient (Wildman–Crippen LogP) is 3.08. The second kappa shape index (κ2) is 4.41. The fraction of sp³-hybridized carbons (Fsp3) is 0.0833. The molecule has 0 atom stereocenters. The Balaban J connectivity index is 2.20. The van der Waals surface area contributed by atoms with Crippen LogP contribution in [0.25, 0.3) is 10.9 Å². The minimum Gasteiger partial charge on any atom is -0.455 e. The van der Waals surface area contributed by atoms with Gasteiger partial charge in [-0.05, 0) is 12.1 Å². The summed E-state index contributed by atoms with van der Waals surface area (Å²) in [5.74, 6) is -0.432. The molecule has 16 heavy (non-hydrogen) atoms. The number of carbonyl (C=O) groups excluding carboxylic acids is 1. The van der Waals surface area contributed by atoms with Crippen molar-refractivity contribution in [2.24, 2.45) is 0 Å². The van der Waals surface area contributed by atoms with Crippen LogP contribution in [0, 0.1) is 0 Å². The van der Waals surface area contributed by atoms with E-state index in [1.54, 1.807) is 6.07 Å². The van der Waals surface area contributed by atoms with E-state index in [0.717, 1.165) is 10.9 Å². The van der Waals surface area contributed by atoms with Crippen LogP contribution in [0.15, 0.2) is 41.9 Å². The molecule has 1 aromatic carbocycles. The second-order valence-electron chi connectivity index (χ2n) is 3.36. The molecular weight excluding hydrogens is 226 g/mol. The summed E-state index contributed by atoms with van der Waals surface area (Å²) in [5.41, 5.74) is 1.32. The number of H-pyrrole nitrogens is 1. The van der Waals surface area contributed by atoms with Gasteiger partial charge in [0.25, 0.3) is 0 Å². The summed E-state index contributed by atoms with van der Waals surface area (Å²) in [5, 5.41) is 1.27. The lowest BCUT2D eigenvalue weighted by atomic mass is 10.2. The Morgan fingerprint density at radius 2 is 2.19 bits per heavy atom. The maximum Gasteiger partial charge on any atom is 0.355 e. The highest BCUT2D eigenvalue weighted by molar-refractivity contribution is 6.29. The molecule has 0 radical (unpaired) electrons. The lowest BCUT2D eigenvalue weighted by Gasteiger charge is -2.00. The third kappa shape index (κ3) is 2.25. The van der Waals surface area contributed by atoms with Crippen LogP contribution in [0.3, 0.4) is 0 Å². The number of nitrogens with one attached hydrogen (secondary N) is 1. The third-order valence-electron chi connectivity index (χ3n) is 2.11. The Kier molecular flexibility index (Phi) is 2.97. The zero-order valence-electron chi connectivity index (χ0n) is 8.50. The minimum absolute atomic E-state index is 0.0236. The predicted molar refractivity (Wildman–Crippen MR) is 63.6 cm³/mol. The molecular formula is C12H10ClNO2. The number of aromatic nitrogens is 1. The molecule has 0 fully saturated rings. The van der Waals surface area contributed by atoms with Gasteiger partial charge in [0.15, 0.2) is 0 Å². The molecule has 1 aromatic heterocycles. The Hall–Kier alpha value is -1.74. The third-order valence-corrected chi connectivity index (χ3v) is 2.22. The summed E-state index contributed by atoms with van der Waals surface area (Å²) in [4.78, 5) is 14.5. The van der Waals surface area contributed by atoms with Gasteiger partial charge in [-0.3, -0.25) is 0 Å². The van der Waals surface area contributed by atoms with Gasteiger partial charge in [0.2, 0.25) is 0 Å². The number of carbonyl (C=O) groups is 1. The topological polar surface area (TPSA) is 42.1 Å². The van der Waals surface area contributed by atoms with Crippen molar-refractivity contribution in [1.82, 2.24) is 4.98 Å². The van der Waals surface area contributed by atoms with Gasteiger partial charge in [0.1, 0.15) is 12.3 Å². The number of ether oxygens (including phenoxy) is 1. The minimum atomic E-state index is -0.432. The lowest BCUT2D eigenvalue weighted by molar-refractivity contribution is 0.0540. The summed E-state index contributed by atoms with van der Waals surface area (Å²) in [7, 11) is 0. The van der Waals surface area contributed by atoms with Gasteiger partial charge >= 0.3 is 5.97 Å². The maximum atomic E-state index is 11.6. The quantitative estimate of drug-likeness (QED) is 0.831. The molecule has 0 aliphatic heterocycles. The first-order chi connectivity index (χ1) is 7.66. The van der Waals surface area contributed by atoms with Crippen molar-refractivity contribution >= 4 is 28.5 Å². The van der Waals surface area contributed by atoms with Crippen LogP contribution in [-0.4, -0.2) is 17.6 Å². The van der Waals surface area contributed by atoms with Crippen LogP contribution in [0.1, 0.15) is 10.5 Å². The molecule has 0 amide bonds. The van der Waals surface area contributed by atoms with Crippen LogP contribution in [0.2, 0.25) is 0 Å². The first-order valence-corrected chi connectivity index (χ1v) is 5.13. The Morgan fingerprint density at radius 3 is 2.88 bits per heavy atom. The molecule has 0 saturated carbocycles. The average Bonchev–Trinajstić information content (AvgIpc) is 2.69. The van der Waals surface area contributed by atoms with Crippen LogP contribution < -0.4 is 0 Å². The van der Waals surface area contributed by atoms with E-state index in [2.05, 4.69) is 11.6 Å². The van der Waals surface area contributed by atoms with Crippen LogP contribution in [-0.2, 0) is 4.74 Å².